The van der Waals surface area contributed by atoms with Gasteiger partial charge >= 0.3 is 5.97 Å². The van der Waals surface area contributed by atoms with Gasteiger partial charge in [0.05, 0.1) is 6.61 Å². The van der Waals surface area contributed by atoms with Gasteiger partial charge in [-0.25, -0.2) is 0 Å². The monoisotopic (exact) mass is 512 g/mol. The van der Waals surface area contributed by atoms with Gasteiger partial charge < -0.3 is 15.2 Å². The molecule has 2 aliphatic rings. The SMILES string of the molecule is Cc1c(OCCCN2[C@H](C)CC[C@H]2C)cccc1-c1cccc(-c2ccc3c(c2)CC(C(=O)O)NC3)c1C. The standard InChI is InChI=1S/C33H40N2O3/c1-21-12-13-22(2)35(21)16-7-17-38-32-11-6-10-30(24(32)4)29-9-5-8-28(23(29)3)25-14-15-26-20-34-31(33(36)37)19-27(26)18-25/h5-6,8-11,14-15,18,21-22,31,34H,7,12-13,16-17,19-20H2,1-4H3,(H,36,37)/t21-,22-,31?/m1/s1. The number of hydrogen-bond donors (Lipinski definition) is 2. The minimum absolute atomic E-state index is 0.505. The molecule has 5 nitrogen and oxygen atoms in total. The van der Waals surface area contributed by atoms with Crippen LogP contribution in [0.1, 0.15) is 55.4 Å². The van der Waals surface area contributed by atoms with Crippen LogP contribution in [0.25, 0.3) is 22.3 Å². The number of fused-ring (bicyclic) bond motifs is 1. The molecular weight excluding hydrogens is 472 g/mol. The molecule has 5 rings (SSSR count). The maximum absolute atomic E-state index is 11.5. The Morgan fingerprint density at radius 1 is 0.947 bits per heavy atom. The summed E-state index contributed by atoms with van der Waals surface area (Å²) in [6.45, 7) is 11.4. The van der Waals surface area contributed by atoms with Crippen LogP contribution in [0, 0.1) is 13.8 Å². The zero-order valence-corrected chi connectivity index (χ0v) is 23.1. The molecule has 200 valence electrons. The van der Waals surface area contributed by atoms with Crippen molar-refractivity contribution in [1.29, 1.82) is 0 Å². The number of carboxylic acids is 1. The highest BCUT2D eigenvalue weighted by Crippen LogP contribution is 2.37. The summed E-state index contributed by atoms with van der Waals surface area (Å²) in [5.74, 6) is 0.160. The van der Waals surface area contributed by atoms with E-state index in [1.54, 1.807) is 0 Å². The Labute approximate surface area is 226 Å². The van der Waals surface area contributed by atoms with Gasteiger partial charge in [0.25, 0.3) is 0 Å². The Hall–Kier alpha value is -3.15. The lowest BCUT2D eigenvalue weighted by atomic mass is 9.88. The minimum atomic E-state index is -0.794. The molecule has 1 unspecified atom stereocenters. The normalized spacial score (nSPS) is 21.3. The number of nitrogens with zero attached hydrogens (tertiary/aromatic N) is 1. The van der Waals surface area contributed by atoms with Crippen molar-refractivity contribution in [3.63, 3.8) is 0 Å². The predicted molar refractivity (Wildman–Crippen MR) is 154 cm³/mol. The second-order valence-electron chi connectivity index (χ2n) is 11.1. The number of hydrogen-bond acceptors (Lipinski definition) is 4. The fraction of sp³-hybridized carbons (Fsp3) is 0.424. The average Bonchev–Trinajstić information content (AvgIpc) is 3.23. The molecule has 3 atom stereocenters. The van der Waals surface area contributed by atoms with E-state index in [4.69, 9.17) is 4.74 Å². The molecule has 0 aromatic heterocycles. The number of rotatable bonds is 8. The van der Waals surface area contributed by atoms with Crippen LogP contribution in [-0.4, -0.2) is 47.3 Å². The maximum atomic E-state index is 11.5. The summed E-state index contributed by atoms with van der Waals surface area (Å²) in [7, 11) is 0. The zero-order chi connectivity index (χ0) is 26.8. The summed E-state index contributed by atoms with van der Waals surface area (Å²) < 4.78 is 6.30. The average molecular weight is 513 g/mol. The lowest BCUT2D eigenvalue weighted by Gasteiger charge is -2.25. The Morgan fingerprint density at radius 2 is 1.63 bits per heavy atom. The molecule has 1 saturated heterocycles. The number of ether oxygens (including phenoxy) is 1. The van der Waals surface area contributed by atoms with E-state index in [2.05, 4.69) is 92.5 Å². The molecule has 0 saturated carbocycles. The summed E-state index contributed by atoms with van der Waals surface area (Å²) in [5, 5.41) is 12.6. The summed E-state index contributed by atoms with van der Waals surface area (Å²) in [6.07, 6.45) is 4.13. The van der Waals surface area contributed by atoms with Crippen LogP contribution in [0.4, 0.5) is 0 Å². The predicted octanol–water partition coefficient (Wildman–Crippen LogP) is 6.38. The fourth-order valence-corrected chi connectivity index (χ4v) is 6.28. The van der Waals surface area contributed by atoms with Gasteiger partial charge in [-0.2, -0.15) is 0 Å². The second-order valence-corrected chi connectivity index (χ2v) is 11.1. The number of nitrogens with one attached hydrogen (secondary N) is 1. The second kappa shape index (κ2) is 11.3. The van der Waals surface area contributed by atoms with Gasteiger partial charge in [-0.05, 0) is 104 Å². The van der Waals surface area contributed by atoms with Crippen molar-refractivity contribution in [1.82, 2.24) is 10.2 Å². The number of carbonyl (C=O) groups is 1. The van der Waals surface area contributed by atoms with Crippen molar-refractivity contribution >= 4 is 5.97 Å². The van der Waals surface area contributed by atoms with E-state index in [1.807, 2.05) is 0 Å². The third-order valence-electron chi connectivity index (χ3n) is 8.64. The molecule has 0 spiro atoms. The minimum Gasteiger partial charge on any atom is -0.493 e. The van der Waals surface area contributed by atoms with Crippen molar-refractivity contribution in [2.45, 2.75) is 78.0 Å². The molecular formula is C33H40N2O3. The molecule has 1 fully saturated rings. The smallest absolute Gasteiger partial charge is 0.321 e. The first kappa shape index (κ1) is 26.5. The van der Waals surface area contributed by atoms with E-state index in [9.17, 15) is 9.90 Å². The van der Waals surface area contributed by atoms with Crippen LogP contribution in [0.15, 0.2) is 54.6 Å². The van der Waals surface area contributed by atoms with Crippen molar-refractivity contribution in [2.24, 2.45) is 0 Å². The highest BCUT2D eigenvalue weighted by atomic mass is 16.5. The van der Waals surface area contributed by atoms with Gasteiger partial charge in [0, 0.05) is 25.2 Å². The van der Waals surface area contributed by atoms with Crippen LogP contribution in [0.2, 0.25) is 0 Å². The van der Waals surface area contributed by atoms with Crippen LogP contribution in [-0.2, 0) is 17.8 Å². The first-order chi connectivity index (χ1) is 18.3. The quantitative estimate of drug-likeness (QED) is 0.343. The van der Waals surface area contributed by atoms with Gasteiger partial charge in [-0.1, -0.05) is 48.5 Å². The number of carboxylic acid groups (broad SMARTS) is 1. The summed E-state index contributed by atoms with van der Waals surface area (Å²) in [4.78, 5) is 14.1. The first-order valence-electron chi connectivity index (χ1n) is 14.0. The van der Waals surface area contributed by atoms with E-state index in [1.165, 1.54) is 40.7 Å². The molecule has 38 heavy (non-hydrogen) atoms. The van der Waals surface area contributed by atoms with E-state index in [-0.39, 0.29) is 0 Å². The van der Waals surface area contributed by atoms with Crippen LogP contribution < -0.4 is 10.1 Å². The lowest BCUT2D eigenvalue weighted by Crippen LogP contribution is -2.41. The Balaban J connectivity index is 1.34. The van der Waals surface area contributed by atoms with Crippen molar-refractivity contribution in [3.8, 4) is 28.0 Å². The third kappa shape index (κ3) is 5.36. The van der Waals surface area contributed by atoms with Crippen molar-refractivity contribution < 1.29 is 14.6 Å². The van der Waals surface area contributed by atoms with Gasteiger partial charge in [-0.15, -0.1) is 0 Å². The van der Waals surface area contributed by atoms with Crippen LogP contribution in [0.5, 0.6) is 5.75 Å². The molecule has 0 radical (unpaired) electrons. The topological polar surface area (TPSA) is 61.8 Å². The maximum Gasteiger partial charge on any atom is 0.321 e. The van der Waals surface area contributed by atoms with Gasteiger partial charge in [0.1, 0.15) is 11.8 Å². The highest BCUT2D eigenvalue weighted by molar-refractivity contribution is 5.81. The highest BCUT2D eigenvalue weighted by Gasteiger charge is 2.26. The Morgan fingerprint density at radius 3 is 2.37 bits per heavy atom. The summed E-state index contributed by atoms with van der Waals surface area (Å²) in [6, 6.07) is 20.1. The van der Waals surface area contributed by atoms with E-state index >= 15 is 0 Å². The van der Waals surface area contributed by atoms with Crippen molar-refractivity contribution in [2.75, 3.05) is 13.2 Å². The molecule has 3 aromatic carbocycles. The molecule has 2 N–H and O–H groups in total. The van der Waals surface area contributed by atoms with Gasteiger partial charge in [0.15, 0.2) is 0 Å². The Bertz CT molecular complexity index is 1310. The molecule has 0 aliphatic carbocycles. The molecule has 3 aromatic rings. The number of likely N-dealkylation sites (tertiary alicyclic amines) is 1. The first-order valence-corrected chi connectivity index (χ1v) is 14.0. The van der Waals surface area contributed by atoms with E-state index in [0.717, 1.165) is 42.0 Å². The zero-order valence-electron chi connectivity index (χ0n) is 23.1. The van der Waals surface area contributed by atoms with Crippen LogP contribution in [0.3, 0.4) is 0 Å². The lowest BCUT2D eigenvalue weighted by molar-refractivity contribution is -0.139. The van der Waals surface area contributed by atoms with Gasteiger partial charge in [-0.3, -0.25) is 9.69 Å². The van der Waals surface area contributed by atoms with Crippen LogP contribution >= 0.6 is 0 Å². The number of aliphatic carboxylic acids is 1. The molecule has 2 aliphatic heterocycles. The summed E-state index contributed by atoms with van der Waals surface area (Å²) >= 11 is 0. The van der Waals surface area contributed by atoms with Crippen molar-refractivity contribution in [3.05, 3.63) is 76.9 Å². The van der Waals surface area contributed by atoms with E-state index < -0.39 is 12.0 Å². The Kier molecular flexibility index (Phi) is 7.87. The van der Waals surface area contributed by atoms with Gasteiger partial charge in [0.2, 0.25) is 0 Å². The fourth-order valence-electron chi connectivity index (χ4n) is 6.28. The molecule has 5 heteroatoms. The molecule has 0 amide bonds. The largest absolute Gasteiger partial charge is 0.493 e. The molecule has 2 heterocycles. The summed E-state index contributed by atoms with van der Waals surface area (Å²) in [5.41, 5.74) is 9.37. The third-order valence-corrected chi connectivity index (χ3v) is 8.64. The number of benzene rings is 3. The molecule has 0 bridgehead atoms. The van der Waals surface area contributed by atoms with E-state index in [0.29, 0.717) is 25.0 Å².